The monoisotopic (exact) mass is 489 g/mol. The number of benzene rings is 2. The third-order valence-corrected chi connectivity index (χ3v) is 6.37. The number of aliphatic carboxylic acids is 1. The summed E-state index contributed by atoms with van der Waals surface area (Å²) in [5.41, 5.74) is 2.27. The molecular formula is C28H31N3O5. The van der Waals surface area contributed by atoms with Gasteiger partial charge in [-0.2, -0.15) is 5.26 Å². The number of likely N-dealkylation sites (tertiary alicyclic amines) is 1. The topological polar surface area (TPSA) is 116 Å². The van der Waals surface area contributed by atoms with Gasteiger partial charge in [0.15, 0.2) is 0 Å². The molecule has 0 saturated carbocycles. The van der Waals surface area contributed by atoms with Crippen molar-refractivity contribution < 1.29 is 24.2 Å². The lowest BCUT2D eigenvalue weighted by Gasteiger charge is -2.24. The highest BCUT2D eigenvalue weighted by Gasteiger charge is 2.32. The first-order valence-corrected chi connectivity index (χ1v) is 12.0. The molecule has 2 unspecified atom stereocenters. The average molecular weight is 490 g/mol. The number of rotatable bonds is 6. The summed E-state index contributed by atoms with van der Waals surface area (Å²) < 4.78 is 11.5. The van der Waals surface area contributed by atoms with E-state index in [1.54, 1.807) is 41.3 Å². The number of ether oxygens (including phenoxy) is 2. The number of carbonyl (C=O) groups excluding carboxylic acids is 1. The van der Waals surface area contributed by atoms with Gasteiger partial charge in [0.05, 0.1) is 24.1 Å². The van der Waals surface area contributed by atoms with Gasteiger partial charge in [-0.05, 0) is 62.1 Å². The number of amides is 1. The Labute approximate surface area is 210 Å². The number of aromatic amines is 1. The first-order chi connectivity index (χ1) is 17.0. The highest BCUT2D eigenvalue weighted by molar-refractivity contribution is 5.83. The van der Waals surface area contributed by atoms with Crippen molar-refractivity contribution in [3.8, 4) is 11.8 Å². The van der Waals surface area contributed by atoms with Crippen LogP contribution < -0.4 is 4.74 Å². The van der Waals surface area contributed by atoms with E-state index in [0.717, 1.165) is 16.6 Å². The maximum absolute atomic E-state index is 12.3. The van der Waals surface area contributed by atoms with E-state index in [1.165, 1.54) is 0 Å². The first kappa shape index (κ1) is 25.1. The van der Waals surface area contributed by atoms with Crippen LogP contribution in [0.1, 0.15) is 62.8 Å². The molecule has 8 heteroatoms. The third-order valence-electron chi connectivity index (χ3n) is 6.37. The van der Waals surface area contributed by atoms with E-state index in [-0.39, 0.29) is 18.1 Å². The summed E-state index contributed by atoms with van der Waals surface area (Å²) in [6, 6.07) is 16.5. The van der Waals surface area contributed by atoms with Crippen molar-refractivity contribution in [2.45, 2.75) is 57.7 Å². The summed E-state index contributed by atoms with van der Waals surface area (Å²) in [6.45, 7) is 8.40. The highest BCUT2D eigenvalue weighted by atomic mass is 16.6. The molecule has 188 valence electrons. The number of carbonyl (C=O) groups is 2. The molecule has 0 radical (unpaired) electrons. The Morgan fingerprint density at radius 1 is 1.17 bits per heavy atom. The SMILES string of the molecule is CC(c1cc2ccc(C#N)cc2[nH]1)C(C(=O)O)c1ccc(O[C@H]2CCN(C(=O)OC(C)(C)C)C2)cc1. The summed E-state index contributed by atoms with van der Waals surface area (Å²) in [5.74, 6) is -1.39. The van der Waals surface area contributed by atoms with Crippen LogP contribution in [0.4, 0.5) is 4.79 Å². The van der Waals surface area contributed by atoms with Crippen LogP contribution in [-0.2, 0) is 9.53 Å². The molecule has 1 saturated heterocycles. The van der Waals surface area contributed by atoms with Crippen molar-refractivity contribution in [1.29, 1.82) is 5.26 Å². The Morgan fingerprint density at radius 2 is 1.89 bits per heavy atom. The molecule has 0 bridgehead atoms. The minimum Gasteiger partial charge on any atom is -0.489 e. The quantitative estimate of drug-likeness (QED) is 0.479. The summed E-state index contributed by atoms with van der Waals surface area (Å²) >= 11 is 0. The van der Waals surface area contributed by atoms with Gasteiger partial charge in [0, 0.05) is 30.1 Å². The predicted molar refractivity (Wildman–Crippen MR) is 135 cm³/mol. The Balaban J connectivity index is 1.44. The van der Waals surface area contributed by atoms with Gasteiger partial charge in [0.25, 0.3) is 0 Å². The van der Waals surface area contributed by atoms with Crippen LogP contribution in [-0.4, -0.2) is 51.8 Å². The summed E-state index contributed by atoms with van der Waals surface area (Å²) in [6.07, 6.45) is 0.203. The van der Waals surface area contributed by atoms with Crippen molar-refractivity contribution in [1.82, 2.24) is 9.88 Å². The molecule has 0 spiro atoms. The Bertz CT molecular complexity index is 1300. The van der Waals surface area contributed by atoms with Crippen LogP contribution in [0.5, 0.6) is 5.75 Å². The smallest absolute Gasteiger partial charge is 0.410 e. The molecule has 3 atom stereocenters. The molecule has 2 N–H and O–H groups in total. The van der Waals surface area contributed by atoms with E-state index in [4.69, 9.17) is 14.7 Å². The van der Waals surface area contributed by atoms with Crippen molar-refractivity contribution in [3.05, 3.63) is 65.4 Å². The number of H-pyrrole nitrogens is 1. The number of nitrogens with zero attached hydrogens (tertiary/aromatic N) is 2. The molecule has 3 aromatic rings. The fraction of sp³-hybridized carbons (Fsp3) is 0.393. The van der Waals surface area contributed by atoms with Crippen molar-refractivity contribution in [3.63, 3.8) is 0 Å². The van der Waals surface area contributed by atoms with Crippen LogP contribution in [0, 0.1) is 11.3 Å². The number of hydrogen-bond donors (Lipinski definition) is 2. The third kappa shape index (κ3) is 5.62. The minimum absolute atomic E-state index is 0.151. The molecule has 8 nitrogen and oxygen atoms in total. The number of hydrogen-bond acceptors (Lipinski definition) is 5. The molecule has 1 aromatic heterocycles. The summed E-state index contributed by atoms with van der Waals surface area (Å²) in [5, 5.41) is 20.1. The number of carboxylic acids is 1. The van der Waals surface area contributed by atoms with Crippen molar-refractivity contribution in [2.24, 2.45) is 0 Å². The fourth-order valence-corrected chi connectivity index (χ4v) is 4.55. The zero-order valence-electron chi connectivity index (χ0n) is 20.9. The average Bonchev–Trinajstić information content (AvgIpc) is 3.45. The Hall–Kier alpha value is -3.99. The second-order valence-corrected chi connectivity index (χ2v) is 10.3. The molecule has 36 heavy (non-hydrogen) atoms. The number of carboxylic acid groups (broad SMARTS) is 1. The maximum atomic E-state index is 12.3. The van der Waals surface area contributed by atoms with Crippen LogP contribution in [0.15, 0.2) is 48.5 Å². The normalized spacial score (nSPS) is 17.4. The van der Waals surface area contributed by atoms with Gasteiger partial charge in [0.1, 0.15) is 17.5 Å². The predicted octanol–water partition coefficient (Wildman–Crippen LogP) is 5.40. The molecule has 1 amide bonds. The molecule has 1 fully saturated rings. The Morgan fingerprint density at radius 3 is 2.53 bits per heavy atom. The van der Waals surface area contributed by atoms with Crippen LogP contribution in [0.2, 0.25) is 0 Å². The van der Waals surface area contributed by atoms with E-state index < -0.39 is 17.5 Å². The maximum Gasteiger partial charge on any atom is 0.410 e. The Kier molecular flexibility index (Phi) is 6.93. The van der Waals surface area contributed by atoms with Crippen LogP contribution in [0.3, 0.4) is 0 Å². The fourth-order valence-electron chi connectivity index (χ4n) is 4.55. The standard InChI is InChI=1S/C28H31N3O5/c1-17(23-14-20-6-5-18(15-29)13-24(20)30-23)25(26(32)33)19-7-9-21(10-8-19)35-22-11-12-31(16-22)27(34)36-28(2,3)4/h5-10,13-14,17,22,25,30H,11-12,16H2,1-4H3,(H,32,33)/t17?,22-,25?/m0/s1. The summed E-state index contributed by atoms with van der Waals surface area (Å²) in [7, 11) is 0. The molecule has 2 aromatic carbocycles. The van der Waals surface area contributed by atoms with Gasteiger partial charge >= 0.3 is 12.1 Å². The van der Waals surface area contributed by atoms with Gasteiger partial charge in [-0.15, -0.1) is 0 Å². The largest absolute Gasteiger partial charge is 0.489 e. The van der Waals surface area contributed by atoms with E-state index in [0.29, 0.717) is 36.4 Å². The summed E-state index contributed by atoms with van der Waals surface area (Å²) in [4.78, 5) is 29.5. The molecular weight excluding hydrogens is 458 g/mol. The van der Waals surface area contributed by atoms with E-state index in [2.05, 4.69) is 11.1 Å². The molecule has 2 heterocycles. The van der Waals surface area contributed by atoms with Gasteiger partial charge in [0.2, 0.25) is 0 Å². The highest BCUT2D eigenvalue weighted by Crippen LogP contribution is 2.35. The number of nitrogens with one attached hydrogen (secondary N) is 1. The molecule has 1 aliphatic heterocycles. The second kappa shape index (κ2) is 9.94. The number of fused-ring (bicyclic) bond motifs is 1. The van der Waals surface area contributed by atoms with Crippen molar-refractivity contribution >= 4 is 23.0 Å². The first-order valence-electron chi connectivity index (χ1n) is 12.0. The van der Waals surface area contributed by atoms with Crippen molar-refractivity contribution in [2.75, 3.05) is 13.1 Å². The second-order valence-electron chi connectivity index (χ2n) is 10.3. The minimum atomic E-state index is -0.920. The molecule has 4 rings (SSSR count). The van der Waals surface area contributed by atoms with Gasteiger partial charge in [-0.25, -0.2) is 4.79 Å². The van der Waals surface area contributed by atoms with E-state index in [9.17, 15) is 14.7 Å². The van der Waals surface area contributed by atoms with Crippen LogP contribution in [0.25, 0.3) is 10.9 Å². The van der Waals surface area contributed by atoms with E-state index in [1.807, 2.05) is 39.8 Å². The lowest BCUT2D eigenvalue weighted by molar-refractivity contribution is -0.139. The van der Waals surface area contributed by atoms with Gasteiger partial charge in [-0.1, -0.05) is 25.1 Å². The lowest BCUT2D eigenvalue weighted by Crippen LogP contribution is -2.36. The lowest BCUT2D eigenvalue weighted by atomic mass is 9.85. The molecule has 1 aliphatic rings. The zero-order valence-corrected chi connectivity index (χ0v) is 20.9. The number of nitriles is 1. The van der Waals surface area contributed by atoms with Crippen LogP contribution >= 0.6 is 0 Å². The zero-order chi connectivity index (χ0) is 26.0. The van der Waals surface area contributed by atoms with Gasteiger partial charge in [-0.3, -0.25) is 4.79 Å². The number of aromatic nitrogens is 1. The van der Waals surface area contributed by atoms with E-state index >= 15 is 0 Å². The molecule has 0 aliphatic carbocycles. The van der Waals surface area contributed by atoms with Gasteiger partial charge < -0.3 is 24.5 Å².